The Labute approximate surface area is 113 Å². The van der Waals surface area contributed by atoms with Crippen LogP contribution >= 0.6 is 0 Å². The van der Waals surface area contributed by atoms with Crippen molar-refractivity contribution in [3.63, 3.8) is 0 Å². The SMILES string of the molecule is CCN(CC)CC(C)NCC1C2C3CCC(C3)C12. The molecule has 3 aliphatic carbocycles. The molecule has 104 valence electrons. The molecule has 2 heteroatoms. The van der Waals surface area contributed by atoms with Crippen LogP contribution in [0.1, 0.15) is 40.0 Å². The minimum Gasteiger partial charge on any atom is -0.313 e. The predicted molar refractivity (Wildman–Crippen MR) is 76.6 cm³/mol. The topological polar surface area (TPSA) is 15.3 Å². The minimum absolute atomic E-state index is 0.656. The van der Waals surface area contributed by atoms with Crippen molar-refractivity contribution in [2.75, 3.05) is 26.2 Å². The third-order valence-corrected chi connectivity index (χ3v) is 6.02. The first-order valence-corrected chi connectivity index (χ1v) is 8.20. The van der Waals surface area contributed by atoms with Crippen LogP contribution in [-0.4, -0.2) is 37.1 Å². The van der Waals surface area contributed by atoms with Crippen LogP contribution in [0, 0.1) is 29.6 Å². The molecular formula is C16H30N2. The average molecular weight is 250 g/mol. The molecule has 2 nitrogen and oxygen atoms in total. The van der Waals surface area contributed by atoms with Crippen molar-refractivity contribution in [1.82, 2.24) is 10.2 Å². The lowest BCUT2D eigenvalue weighted by Gasteiger charge is -2.24. The molecule has 18 heavy (non-hydrogen) atoms. The zero-order valence-electron chi connectivity index (χ0n) is 12.4. The number of nitrogens with one attached hydrogen (secondary N) is 1. The molecule has 0 aromatic rings. The fraction of sp³-hybridized carbons (Fsp3) is 1.00. The van der Waals surface area contributed by atoms with Gasteiger partial charge in [0.1, 0.15) is 0 Å². The van der Waals surface area contributed by atoms with Crippen molar-refractivity contribution in [2.24, 2.45) is 29.6 Å². The Morgan fingerprint density at radius 3 is 2.28 bits per heavy atom. The van der Waals surface area contributed by atoms with E-state index in [-0.39, 0.29) is 0 Å². The van der Waals surface area contributed by atoms with E-state index in [4.69, 9.17) is 0 Å². The monoisotopic (exact) mass is 250 g/mol. The number of nitrogens with zero attached hydrogens (tertiary/aromatic N) is 1. The Kier molecular flexibility index (Phi) is 3.68. The molecule has 0 radical (unpaired) electrons. The molecule has 3 saturated carbocycles. The molecule has 0 amide bonds. The number of likely N-dealkylation sites (N-methyl/N-ethyl adjacent to an activating group) is 1. The molecule has 5 unspecified atom stereocenters. The summed E-state index contributed by atoms with van der Waals surface area (Å²) in [7, 11) is 0. The van der Waals surface area contributed by atoms with Gasteiger partial charge in [-0.15, -0.1) is 0 Å². The molecule has 0 saturated heterocycles. The highest BCUT2D eigenvalue weighted by molar-refractivity contribution is 5.13. The van der Waals surface area contributed by atoms with Gasteiger partial charge in [-0.3, -0.25) is 0 Å². The van der Waals surface area contributed by atoms with Gasteiger partial charge >= 0.3 is 0 Å². The molecule has 0 aromatic heterocycles. The third kappa shape index (κ3) is 2.22. The fourth-order valence-electron chi connectivity index (χ4n) is 5.05. The average Bonchev–Trinajstić information content (AvgIpc) is 2.77. The van der Waals surface area contributed by atoms with Gasteiger partial charge in [0, 0.05) is 12.6 Å². The van der Waals surface area contributed by atoms with Crippen LogP contribution in [-0.2, 0) is 0 Å². The predicted octanol–water partition coefficient (Wildman–Crippen LogP) is 2.60. The van der Waals surface area contributed by atoms with E-state index >= 15 is 0 Å². The molecule has 2 bridgehead atoms. The Morgan fingerprint density at radius 2 is 1.72 bits per heavy atom. The third-order valence-electron chi connectivity index (χ3n) is 6.02. The Morgan fingerprint density at radius 1 is 1.11 bits per heavy atom. The molecule has 3 aliphatic rings. The van der Waals surface area contributed by atoms with E-state index in [2.05, 4.69) is 31.0 Å². The summed E-state index contributed by atoms with van der Waals surface area (Å²) in [5.74, 6) is 5.58. The Balaban J connectivity index is 1.38. The summed E-state index contributed by atoms with van der Waals surface area (Å²) in [5.41, 5.74) is 0. The zero-order chi connectivity index (χ0) is 12.7. The highest BCUT2D eigenvalue weighted by Gasteiger charge is 2.64. The summed E-state index contributed by atoms with van der Waals surface area (Å²) < 4.78 is 0. The van der Waals surface area contributed by atoms with E-state index in [1.54, 1.807) is 19.3 Å². The fourth-order valence-corrected chi connectivity index (χ4v) is 5.05. The van der Waals surface area contributed by atoms with Crippen molar-refractivity contribution in [1.29, 1.82) is 0 Å². The van der Waals surface area contributed by atoms with E-state index in [0.717, 1.165) is 29.6 Å². The van der Waals surface area contributed by atoms with Gasteiger partial charge in [-0.05, 0) is 75.4 Å². The lowest BCUT2D eigenvalue weighted by molar-refractivity contribution is 0.267. The van der Waals surface area contributed by atoms with E-state index in [0.29, 0.717) is 6.04 Å². The molecule has 5 atom stereocenters. The summed E-state index contributed by atoms with van der Waals surface area (Å²) in [6, 6.07) is 0.656. The minimum atomic E-state index is 0.656. The number of hydrogen-bond donors (Lipinski definition) is 1. The zero-order valence-corrected chi connectivity index (χ0v) is 12.4. The van der Waals surface area contributed by atoms with Gasteiger partial charge in [0.25, 0.3) is 0 Å². The molecule has 3 fully saturated rings. The van der Waals surface area contributed by atoms with Crippen LogP contribution in [0.5, 0.6) is 0 Å². The first-order valence-electron chi connectivity index (χ1n) is 8.20. The van der Waals surface area contributed by atoms with Crippen molar-refractivity contribution >= 4 is 0 Å². The first-order chi connectivity index (χ1) is 8.74. The van der Waals surface area contributed by atoms with E-state index < -0.39 is 0 Å². The highest BCUT2D eigenvalue weighted by Crippen LogP contribution is 2.69. The molecular weight excluding hydrogens is 220 g/mol. The van der Waals surface area contributed by atoms with Crippen molar-refractivity contribution in [3.8, 4) is 0 Å². The van der Waals surface area contributed by atoms with Gasteiger partial charge in [-0.25, -0.2) is 0 Å². The van der Waals surface area contributed by atoms with E-state index in [9.17, 15) is 0 Å². The van der Waals surface area contributed by atoms with Crippen LogP contribution in [0.4, 0.5) is 0 Å². The lowest BCUT2D eigenvalue weighted by atomic mass is 10.0. The molecule has 0 aliphatic heterocycles. The lowest BCUT2D eigenvalue weighted by Crippen LogP contribution is -2.40. The van der Waals surface area contributed by atoms with Gasteiger partial charge in [0.05, 0.1) is 0 Å². The summed E-state index contributed by atoms with van der Waals surface area (Å²) in [6.45, 7) is 11.7. The highest BCUT2D eigenvalue weighted by atomic mass is 15.1. The second-order valence-corrected chi connectivity index (χ2v) is 6.95. The molecule has 3 rings (SSSR count). The van der Waals surface area contributed by atoms with Crippen LogP contribution in [0.25, 0.3) is 0 Å². The maximum Gasteiger partial charge on any atom is 0.0166 e. The molecule has 0 spiro atoms. The van der Waals surface area contributed by atoms with Gasteiger partial charge < -0.3 is 10.2 Å². The van der Waals surface area contributed by atoms with Crippen LogP contribution in [0.2, 0.25) is 0 Å². The standard InChI is InChI=1S/C16H30N2/c1-4-18(5-2)10-11(3)17-9-14-15-12-6-7-13(8-12)16(14)15/h11-17H,4-10H2,1-3H3. The summed E-state index contributed by atoms with van der Waals surface area (Å²) >= 11 is 0. The van der Waals surface area contributed by atoms with E-state index in [1.807, 2.05) is 0 Å². The van der Waals surface area contributed by atoms with Gasteiger partial charge in [0.15, 0.2) is 0 Å². The number of fused-ring (bicyclic) bond motifs is 5. The van der Waals surface area contributed by atoms with Gasteiger partial charge in [-0.2, -0.15) is 0 Å². The second-order valence-electron chi connectivity index (χ2n) is 6.95. The Hall–Kier alpha value is -0.0800. The maximum absolute atomic E-state index is 3.80. The summed E-state index contributed by atoms with van der Waals surface area (Å²) in [6.07, 6.45) is 4.69. The quantitative estimate of drug-likeness (QED) is 0.747. The van der Waals surface area contributed by atoms with Gasteiger partial charge in [0.2, 0.25) is 0 Å². The summed E-state index contributed by atoms with van der Waals surface area (Å²) in [4.78, 5) is 2.52. The molecule has 1 N–H and O–H groups in total. The molecule has 0 aromatic carbocycles. The normalized spacial score (nSPS) is 42.3. The smallest absolute Gasteiger partial charge is 0.0166 e. The van der Waals surface area contributed by atoms with Gasteiger partial charge in [-0.1, -0.05) is 13.8 Å². The van der Waals surface area contributed by atoms with Crippen LogP contribution in [0.15, 0.2) is 0 Å². The number of hydrogen-bond acceptors (Lipinski definition) is 2. The van der Waals surface area contributed by atoms with Crippen molar-refractivity contribution in [2.45, 2.75) is 46.1 Å². The maximum atomic E-state index is 3.80. The van der Waals surface area contributed by atoms with Crippen molar-refractivity contribution in [3.05, 3.63) is 0 Å². The largest absolute Gasteiger partial charge is 0.313 e. The van der Waals surface area contributed by atoms with Crippen LogP contribution < -0.4 is 5.32 Å². The second kappa shape index (κ2) is 5.13. The van der Waals surface area contributed by atoms with E-state index in [1.165, 1.54) is 26.2 Å². The summed E-state index contributed by atoms with van der Waals surface area (Å²) in [5, 5.41) is 3.80. The Bertz CT molecular complexity index is 271. The number of rotatable bonds is 7. The molecule has 0 heterocycles. The van der Waals surface area contributed by atoms with Crippen LogP contribution in [0.3, 0.4) is 0 Å². The van der Waals surface area contributed by atoms with Crippen molar-refractivity contribution < 1.29 is 0 Å². The first kappa shape index (κ1) is 12.9.